The maximum Gasteiger partial charge on any atom is 0.253 e. The molecule has 1 fully saturated rings. The molecule has 1 saturated carbocycles. The first-order valence-corrected chi connectivity index (χ1v) is 9.79. The number of carbonyl (C=O) groups is 1. The van der Waals surface area contributed by atoms with Gasteiger partial charge in [0.25, 0.3) is 5.91 Å². The molecule has 5 rings (SSSR count). The molecule has 4 aromatic rings. The molecule has 0 saturated heterocycles. The average Bonchev–Trinajstić information content (AvgIpc) is 3.48. The fourth-order valence-corrected chi connectivity index (χ4v) is 4.08. The fraction of sp³-hybridized carbons (Fsp3) is 0.217. The largest absolute Gasteiger partial charge is 0.451 e. The van der Waals surface area contributed by atoms with Crippen molar-refractivity contribution in [2.45, 2.75) is 31.7 Å². The summed E-state index contributed by atoms with van der Waals surface area (Å²) in [7, 11) is 0. The number of benzene rings is 1. The van der Waals surface area contributed by atoms with Crippen LogP contribution in [0.25, 0.3) is 28.0 Å². The number of amides is 1. The third-order valence-electron chi connectivity index (χ3n) is 5.56. The summed E-state index contributed by atoms with van der Waals surface area (Å²) in [5.74, 6) is -0.369. The second-order valence-electron chi connectivity index (χ2n) is 7.45. The van der Waals surface area contributed by atoms with Gasteiger partial charge in [-0.2, -0.15) is 0 Å². The number of pyridine rings is 1. The Bertz CT molecular complexity index is 1160. The smallest absolute Gasteiger partial charge is 0.253 e. The molecule has 1 aliphatic rings. The first-order valence-electron chi connectivity index (χ1n) is 9.79. The average molecular weight is 389 g/mol. The highest BCUT2D eigenvalue weighted by Gasteiger charge is 2.24. The van der Waals surface area contributed by atoms with Gasteiger partial charge in [0.05, 0.1) is 11.3 Å². The van der Waals surface area contributed by atoms with Crippen molar-refractivity contribution < 1.29 is 13.6 Å². The third kappa shape index (κ3) is 3.31. The van der Waals surface area contributed by atoms with E-state index < -0.39 is 0 Å². The number of halogens is 1. The predicted octanol–water partition coefficient (Wildman–Crippen LogP) is 5.07. The fourth-order valence-electron chi connectivity index (χ4n) is 4.08. The molecular formula is C23H20FN3O2. The van der Waals surface area contributed by atoms with Gasteiger partial charge >= 0.3 is 0 Å². The van der Waals surface area contributed by atoms with E-state index in [1.165, 1.54) is 18.5 Å². The van der Waals surface area contributed by atoms with Crippen molar-refractivity contribution in [1.29, 1.82) is 0 Å². The zero-order valence-electron chi connectivity index (χ0n) is 15.8. The van der Waals surface area contributed by atoms with Crippen LogP contribution in [-0.4, -0.2) is 21.3 Å². The van der Waals surface area contributed by atoms with Crippen molar-refractivity contribution in [2.75, 3.05) is 0 Å². The monoisotopic (exact) mass is 389 g/mol. The molecule has 29 heavy (non-hydrogen) atoms. The normalized spacial score (nSPS) is 14.5. The quantitative estimate of drug-likeness (QED) is 0.530. The predicted molar refractivity (Wildman–Crippen MR) is 108 cm³/mol. The lowest BCUT2D eigenvalue weighted by Crippen LogP contribution is -2.32. The molecule has 3 heterocycles. The third-order valence-corrected chi connectivity index (χ3v) is 5.56. The van der Waals surface area contributed by atoms with Crippen LogP contribution in [0, 0.1) is 5.82 Å². The topological polar surface area (TPSA) is 59.5 Å². The maximum atomic E-state index is 13.3. The Labute approximate surface area is 167 Å². The molecule has 0 unspecified atom stereocenters. The van der Waals surface area contributed by atoms with E-state index in [0.29, 0.717) is 17.0 Å². The molecule has 5 nitrogen and oxygen atoms in total. The highest BCUT2D eigenvalue weighted by molar-refractivity contribution is 6.02. The van der Waals surface area contributed by atoms with Crippen molar-refractivity contribution in [3.05, 3.63) is 72.7 Å². The van der Waals surface area contributed by atoms with Crippen molar-refractivity contribution in [3.63, 3.8) is 0 Å². The number of oxazole rings is 1. The van der Waals surface area contributed by atoms with Gasteiger partial charge in [-0.05, 0) is 48.2 Å². The molecule has 0 bridgehead atoms. The second kappa shape index (κ2) is 7.20. The number of aromatic nitrogens is 2. The highest BCUT2D eigenvalue weighted by atomic mass is 19.1. The lowest BCUT2D eigenvalue weighted by molar-refractivity contribution is 0.0938. The van der Waals surface area contributed by atoms with E-state index in [4.69, 9.17) is 4.42 Å². The van der Waals surface area contributed by atoms with Crippen molar-refractivity contribution in [3.8, 4) is 22.5 Å². The first-order chi connectivity index (χ1) is 14.2. The van der Waals surface area contributed by atoms with Crippen LogP contribution < -0.4 is 5.32 Å². The summed E-state index contributed by atoms with van der Waals surface area (Å²) in [6.45, 7) is 0. The molecule has 1 aromatic carbocycles. The van der Waals surface area contributed by atoms with Crippen LogP contribution in [0.15, 0.2) is 65.7 Å². The van der Waals surface area contributed by atoms with E-state index >= 15 is 0 Å². The molecule has 1 amide bonds. The van der Waals surface area contributed by atoms with Gasteiger partial charge in [0.2, 0.25) is 0 Å². The van der Waals surface area contributed by atoms with Gasteiger partial charge in [-0.3, -0.25) is 4.79 Å². The molecule has 146 valence electrons. The van der Waals surface area contributed by atoms with E-state index in [1.807, 2.05) is 28.8 Å². The first kappa shape index (κ1) is 17.7. The van der Waals surface area contributed by atoms with Crippen LogP contribution >= 0.6 is 0 Å². The number of rotatable bonds is 4. The van der Waals surface area contributed by atoms with Crippen LogP contribution in [-0.2, 0) is 0 Å². The second-order valence-corrected chi connectivity index (χ2v) is 7.45. The van der Waals surface area contributed by atoms with Gasteiger partial charge in [0, 0.05) is 17.8 Å². The van der Waals surface area contributed by atoms with Gasteiger partial charge in [-0.25, -0.2) is 9.37 Å². The Morgan fingerprint density at radius 2 is 1.86 bits per heavy atom. The molecular weight excluding hydrogens is 369 g/mol. The molecule has 1 aliphatic carbocycles. The zero-order chi connectivity index (χ0) is 19.8. The van der Waals surface area contributed by atoms with Gasteiger partial charge in [0.15, 0.2) is 6.39 Å². The molecule has 0 radical (unpaired) electrons. The van der Waals surface area contributed by atoms with Crippen LogP contribution in [0.1, 0.15) is 36.0 Å². The summed E-state index contributed by atoms with van der Waals surface area (Å²) in [4.78, 5) is 17.3. The van der Waals surface area contributed by atoms with Crippen LogP contribution in [0.5, 0.6) is 0 Å². The van der Waals surface area contributed by atoms with Crippen molar-refractivity contribution in [2.24, 2.45) is 0 Å². The molecule has 0 aliphatic heterocycles. The minimum Gasteiger partial charge on any atom is -0.451 e. The van der Waals surface area contributed by atoms with Crippen molar-refractivity contribution >= 4 is 11.4 Å². The van der Waals surface area contributed by atoms with Gasteiger partial charge in [-0.15, -0.1) is 0 Å². The molecule has 0 spiro atoms. The molecule has 1 N–H and O–H groups in total. The van der Waals surface area contributed by atoms with Crippen LogP contribution in [0.4, 0.5) is 4.39 Å². The summed E-state index contributed by atoms with van der Waals surface area (Å²) >= 11 is 0. The Morgan fingerprint density at radius 3 is 2.59 bits per heavy atom. The Kier molecular flexibility index (Phi) is 4.39. The lowest BCUT2D eigenvalue weighted by atomic mass is 10.1. The van der Waals surface area contributed by atoms with Crippen molar-refractivity contribution in [1.82, 2.24) is 14.7 Å². The number of carbonyl (C=O) groups excluding carboxylic acids is 1. The van der Waals surface area contributed by atoms with Crippen LogP contribution in [0.2, 0.25) is 0 Å². The number of nitrogens with zero attached hydrogens (tertiary/aromatic N) is 2. The highest BCUT2D eigenvalue weighted by Crippen LogP contribution is 2.30. The summed E-state index contributed by atoms with van der Waals surface area (Å²) in [6.07, 6.45) is 9.19. The van der Waals surface area contributed by atoms with Gasteiger partial charge < -0.3 is 14.1 Å². The summed E-state index contributed by atoms with van der Waals surface area (Å²) in [5, 5.41) is 3.16. The number of nitrogens with one attached hydrogen (secondary N) is 1. The number of hydrogen-bond acceptors (Lipinski definition) is 3. The van der Waals surface area contributed by atoms with E-state index in [2.05, 4.69) is 10.3 Å². The molecule has 0 atom stereocenters. The number of hydrogen-bond donors (Lipinski definition) is 1. The van der Waals surface area contributed by atoms with Gasteiger partial charge in [0.1, 0.15) is 17.8 Å². The standard InChI is InChI=1S/C23H20FN3O2/c24-17-8-5-15(6-9-17)16-7-10-19-11-20(23(28)26-18-3-1-2-4-18)22(27(19)12-16)21-13-29-14-25-21/h5-14,18H,1-4H2,(H,26,28). The Morgan fingerprint density at radius 1 is 1.10 bits per heavy atom. The Balaban J connectivity index is 1.62. The summed E-state index contributed by atoms with van der Waals surface area (Å²) < 4.78 is 20.4. The zero-order valence-corrected chi connectivity index (χ0v) is 15.8. The minimum atomic E-state index is -0.273. The molecule has 6 heteroatoms. The van der Waals surface area contributed by atoms with E-state index in [0.717, 1.165) is 42.3 Å². The van der Waals surface area contributed by atoms with E-state index in [-0.39, 0.29) is 17.8 Å². The molecule has 3 aromatic heterocycles. The lowest BCUT2D eigenvalue weighted by Gasteiger charge is -2.12. The maximum absolute atomic E-state index is 13.3. The van der Waals surface area contributed by atoms with Crippen LogP contribution in [0.3, 0.4) is 0 Å². The number of fused-ring (bicyclic) bond motifs is 1. The SMILES string of the molecule is O=C(NC1CCCC1)c1cc2ccc(-c3ccc(F)cc3)cn2c1-c1cocn1. The van der Waals surface area contributed by atoms with E-state index in [9.17, 15) is 9.18 Å². The van der Waals surface area contributed by atoms with E-state index in [1.54, 1.807) is 18.4 Å². The minimum absolute atomic E-state index is 0.0954. The summed E-state index contributed by atoms with van der Waals surface area (Å²) in [5.41, 5.74) is 4.55. The van der Waals surface area contributed by atoms with Gasteiger partial charge in [-0.1, -0.05) is 31.0 Å². The Hall–Kier alpha value is -3.41. The summed E-state index contributed by atoms with van der Waals surface area (Å²) in [6, 6.07) is 12.4.